The number of amides is 2. The van der Waals surface area contributed by atoms with Gasteiger partial charge in [-0.25, -0.2) is 9.78 Å². The van der Waals surface area contributed by atoms with Crippen LogP contribution in [0.1, 0.15) is 32.6 Å². The molecule has 3 heterocycles. The zero-order chi connectivity index (χ0) is 28.4. The number of aromatic nitrogens is 1. The van der Waals surface area contributed by atoms with Crippen LogP contribution in [0.25, 0.3) is 0 Å². The van der Waals surface area contributed by atoms with Crippen LogP contribution < -0.4 is 5.32 Å². The lowest BCUT2D eigenvalue weighted by molar-refractivity contribution is -0.133. The maximum atomic E-state index is 13.6. The molecule has 0 aromatic carbocycles. The van der Waals surface area contributed by atoms with Crippen molar-refractivity contribution in [1.82, 2.24) is 19.1 Å². The summed E-state index contributed by atoms with van der Waals surface area (Å²) in [6.07, 6.45) is 14.8. The molecule has 1 aromatic rings. The van der Waals surface area contributed by atoms with E-state index in [1.165, 1.54) is 16.9 Å². The van der Waals surface area contributed by atoms with Gasteiger partial charge in [0.05, 0.1) is 22.7 Å². The van der Waals surface area contributed by atoms with Crippen molar-refractivity contribution in [1.29, 1.82) is 0 Å². The van der Waals surface area contributed by atoms with Crippen LogP contribution in [0, 0.1) is 5.41 Å². The third-order valence-electron chi connectivity index (χ3n) is 7.78. The van der Waals surface area contributed by atoms with Crippen molar-refractivity contribution < 1.29 is 24.4 Å². The molecule has 2 aliphatic heterocycles. The van der Waals surface area contributed by atoms with Crippen molar-refractivity contribution in [2.24, 2.45) is 5.41 Å². The fourth-order valence-corrected chi connectivity index (χ4v) is 8.64. The Bertz CT molecular complexity index is 1260. The number of nitrogens with zero attached hydrogens (tertiary/aromatic N) is 4. The molecule has 40 heavy (non-hydrogen) atoms. The van der Waals surface area contributed by atoms with E-state index in [9.17, 15) is 19.2 Å². The summed E-state index contributed by atoms with van der Waals surface area (Å²) >= 11 is 1.16. The zero-order valence-corrected chi connectivity index (χ0v) is 25.1. The zero-order valence-electron chi connectivity index (χ0n) is 22.6. The van der Waals surface area contributed by atoms with Crippen LogP contribution in [0.15, 0.2) is 57.6 Å². The van der Waals surface area contributed by atoms with Crippen molar-refractivity contribution >= 4 is 51.6 Å². The van der Waals surface area contributed by atoms with Crippen LogP contribution >= 0.6 is 23.1 Å². The Balaban J connectivity index is 1.34. The van der Waals surface area contributed by atoms with E-state index in [4.69, 9.17) is 5.11 Å². The number of allylic oxidation sites excluding steroid dienone is 5. The van der Waals surface area contributed by atoms with E-state index in [0.717, 1.165) is 42.3 Å². The van der Waals surface area contributed by atoms with Crippen molar-refractivity contribution in [3.05, 3.63) is 53.4 Å². The SMILES string of the molecule is CC(O)N1CCC2(CN(C(=O)Nc3ncc(SCC(=O)O)s3)C3=CCC([S+]([O-])N(C)CC4=CC=CCC4)C=C32)C1. The molecule has 2 amide bonds. The van der Waals surface area contributed by atoms with Crippen molar-refractivity contribution in [3.8, 4) is 0 Å². The second-order valence-electron chi connectivity index (χ2n) is 10.6. The van der Waals surface area contributed by atoms with Gasteiger partial charge in [-0.3, -0.25) is 19.9 Å². The molecule has 4 aliphatic rings. The number of urea groups is 1. The van der Waals surface area contributed by atoms with Gasteiger partial charge in [0.1, 0.15) is 6.23 Å². The minimum Gasteiger partial charge on any atom is -0.597 e. The molecule has 3 N–H and O–H groups in total. The van der Waals surface area contributed by atoms with E-state index in [2.05, 4.69) is 34.6 Å². The largest absolute Gasteiger partial charge is 0.597 e. The highest BCUT2D eigenvalue weighted by molar-refractivity contribution is 8.01. The summed E-state index contributed by atoms with van der Waals surface area (Å²) in [7, 11) is 1.90. The summed E-state index contributed by atoms with van der Waals surface area (Å²) in [6.45, 7) is 4.20. The maximum Gasteiger partial charge on any atom is 0.328 e. The van der Waals surface area contributed by atoms with Crippen molar-refractivity contribution in [3.63, 3.8) is 0 Å². The molecule has 2 fully saturated rings. The van der Waals surface area contributed by atoms with E-state index < -0.39 is 23.6 Å². The third-order valence-corrected chi connectivity index (χ3v) is 11.5. The number of rotatable bonds is 9. The topological polar surface area (TPSA) is 132 Å². The minimum absolute atomic E-state index is 0.0720. The van der Waals surface area contributed by atoms with Crippen molar-refractivity contribution in [2.75, 3.05) is 44.3 Å². The van der Waals surface area contributed by atoms with E-state index in [-0.39, 0.29) is 22.4 Å². The number of aliphatic carboxylic acids is 1. The van der Waals surface area contributed by atoms with Crippen LogP contribution in [-0.4, -0.2) is 96.3 Å². The molecule has 13 heteroatoms. The number of carboxylic acid groups (broad SMARTS) is 1. The molecule has 2 saturated heterocycles. The lowest BCUT2D eigenvalue weighted by atomic mass is 9.79. The molecule has 1 spiro atoms. The summed E-state index contributed by atoms with van der Waals surface area (Å²) in [5.41, 5.74) is 2.77. The van der Waals surface area contributed by atoms with Gasteiger partial charge >= 0.3 is 12.0 Å². The molecule has 0 bridgehead atoms. The molecule has 10 nitrogen and oxygen atoms in total. The number of carboxylic acids is 1. The second kappa shape index (κ2) is 12.4. The van der Waals surface area contributed by atoms with Gasteiger partial charge in [0.2, 0.25) is 0 Å². The number of nitrogens with one attached hydrogen (secondary N) is 1. The number of carbonyl (C=O) groups is 2. The average molecular weight is 606 g/mol. The van der Waals surface area contributed by atoms with Crippen LogP contribution in [0.4, 0.5) is 9.93 Å². The molecule has 1 aromatic heterocycles. The highest BCUT2D eigenvalue weighted by Crippen LogP contribution is 2.51. The van der Waals surface area contributed by atoms with Gasteiger partial charge in [-0.1, -0.05) is 41.2 Å². The normalized spacial score (nSPS) is 26.0. The highest BCUT2D eigenvalue weighted by Gasteiger charge is 2.53. The quantitative estimate of drug-likeness (QED) is 0.285. The third kappa shape index (κ3) is 6.35. The van der Waals surface area contributed by atoms with Crippen molar-refractivity contribution in [2.45, 2.75) is 48.3 Å². The monoisotopic (exact) mass is 605 g/mol. The van der Waals surface area contributed by atoms with Gasteiger partial charge in [0.25, 0.3) is 0 Å². The number of anilines is 1. The van der Waals surface area contributed by atoms with E-state index in [1.807, 2.05) is 22.3 Å². The standard InChI is InChI=1S/C27H35N5O5S3/c1-18(33)31-11-10-27(16-31)17-32(26(36)29-25-28-13-24(39-25)38-15-23(34)35)22-9-8-20(12-21(22)27)40(37)30(2)14-19-6-4-3-5-7-19/h3-4,6,9,12-13,18,20,33H,5,7-8,10-11,14-17H2,1-2H3,(H,34,35)(H,28,29,36). The molecular weight excluding hydrogens is 571 g/mol. The Morgan fingerprint density at radius 1 is 1.43 bits per heavy atom. The summed E-state index contributed by atoms with van der Waals surface area (Å²) < 4.78 is 16.2. The molecular formula is C27H35N5O5S3. The predicted molar refractivity (Wildman–Crippen MR) is 158 cm³/mol. The number of thioether (sulfide) groups is 1. The summed E-state index contributed by atoms with van der Waals surface area (Å²) in [4.78, 5) is 32.4. The van der Waals surface area contributed by atoms with E-state index >= 15 is 0 Å². The van der Waals surface area contributed by atoms with E-state index in [1.54, 1.807) is 18.0 Å². The first kappa shape index (κ1) is 29.4. The summed E-state index contributed by atoms with van der Waals surface area (Å²) in [5, 5.41) is 22.3. The number of aliphatic hydroxyl groups excluding tert-OH is 1. The Morgan fingerprint density at radius 2 is 2.25 bits per heavy atom. The number of aliphatic hydroxyl groups is 1. The molecule has 4 unspecified atom stereocenters. The molecule has 4 atom stereocenters. The van der Waals surface area contributed by atoms with Crippen LogP contribution in [0.3, 0.4) is 0 Å². The number of thiazole rings is 1. The van der Waals surface area contributed by atoms with Gasteiger partial charge in [0.15, 0.2) is 10.4 Å². The number of likely N-dealkylation sites (N-methyl/N-ethyl adjacent to an activating group) is 1. The number of hydrogen-bond acceptors (Lipinski definition) is 9. The first-order valence-corrected chi connectivity index (χ1v) is 16.3. The van der Waals surface area contributed by atoms with Gasteiger partial charge in [-0.05, 0) is 37.8 Å². The number of likely N-dealkylation sites (tertiary alicyclic amines) is 2. The first-order valence-electron chi connectivity index (χ1n) is 13.4. The second-order valence-corrected chi connectivity index (χ2v) is 14.7. The molecule has 2 aliphatic carbocycles. The summed E-state index contributed by atoms with van der Waals surface area (Å²) in [5.74, 6) is -0.983. The fourth-order valence-electron chi connectivity index (χ4n) is 5.79. The van der Waals surface area contributed by atoms with Crippen LogP contribution in [0.2, 0.25) is 0 Å². The smallest absolute Gasteiger partial charge is 0.328 e. The number of hydrogen-bond donors (Lipinski definition) is 3. The average Bonchev–Trinajstić information content (AvgIpc) is 3.66. The number of fused-ring (bicyclic) bond motifs is 2. The highest BCUT2D eigenvalue weighted by atomic mass is 32.2. The first-order chi connectivity index (χ1) is 19.1. The molecule has 216 valence electrons. The molecule has 0 saturated carbocycles. The predicted octanol–water partition coefficient (Wildman–Crippen LogP) is 3.65. The Labute approximate surface area is 245 Å². The molecule has 0 radical (unpaired) electrons. The summed E-state index contributed by atoms with van der Waals surface area (Å²) in [6, 6.07) is -0.303. The van der Waals surface area contributed by atoms with Gasteiger partial charge in [-0.2, -0.15) is 0 Å². The molecule has 5 rings (SSSR count). The minimum atomic E-state index is -1.24. The van der Waals surface area contributed by atoms with Crippen LogP contribution in [-0.2, 0) is 16.2 Å². The maximum absolute atomic E-state index is 13.6. The fraction of sp³-hybridized carbons (Fsp3) is 0.519. The Hall–Kier alpha value is -2.13. The van der Waals surface area contributed by atoms with Gasteiger partial charge in [-0.15, -0.1) is 16.1 Å². The Morgan fingerprint density at radius 3 is 2.95 bits per heavy atom. The van der Waals surface area contributed by atoms with E-state index in [0.29, 0.717) is 41.9 Å². The lowest BCUT2D eigenvalue weighted by Crippen LogP contribution is -2.38. The van der Waals surface area contributed by atoms with Gasteiger partial charge < -0.3 is 14.8 Å². The Kier molecular flexibility index (Phi) is 9.10. The number of carbonyl (C=O) groups excluding carboxylic acids is 1. The van der Waals surface area contributed by atoms with Crippen LogP contribution in [0.5, 0.6) is 0 Å². The lowest BCUT2D eigenvalue weighted by Gasteiger charge is -2.31. The van der Waals surface area contributed by atoms with Gasteiger partial charge in [0, 0.05) is 55.6 Å².